The minimum absolute atomic E-state index is 0.697. The molecule has 0 aliphatic rings. The number of aromatic nitrogens is 6. The Hall–Kier alpha value is -2.22. The fourth-order valence-corrected chi connectivity index (χ4v) is 9.58. The molecule has 3 aromatic heterocycles. The van der Waals surface area contributed by atoms with Crippen LogP contribution in [0.1, 0.15) is 0 Å². The molecule has 0 saturated heterocycles. The minimum Gasteiger partial charge on any atom is -0.242 e. The fourth-order valence-electron chi connectivity index (χ4n) is 5.14. The molecule has 210 valence electrons. The zero-order valence-corrected chi connectivity index (χ0v) is 28.5. The molecule has 0 saturated carbocycles. The van der Waals surface area contributed by atoms with Crippen molar-refractivity contribution in [2.45, 2.75) is 29.4 Å². The molecule has 0 aliphatic carbocycles. The summed E-state index contributed by atoms with van der Waals surface area (Å²) in [6.07, 6.45) is 12.5. The quantitative estimate of drug-likeness (QED) is 0.0969. The Labute approximate surface area is 268 Å². The second kappa shape index (κ2) is 11.4. The highest BCUT2D eigenvalue weighted by atomic mass is 32.2. The molecule has 0 atom stereocenters. The molecule has 0 bridgehead atoms. The summed E-state index contributed by atoms with van der Waals surface area (Å²) in [7, 11) is 0. The number of fused-ring (bicyclic) bond motifs is 9. The zero-order chi connectivity index (χ0) is 29.1. The normalized spacial score (nSPS) is 12.1. The van der Waals surface area contributed by atoms with Crippen LogP contribution in [0.2, 0.25) is 0 Å². The van der Waals surface area contributed by atoms with Crippen molar-refractivity contribution in [3.8, 4) is 0 Å². The summed E-state index contributed by atoms with van der Waals surface area (Å²) in [4.78, 5) is 38.2. The maximum Gasteiger partial charge on any atom is 0.120 e. The third-order valence-corrected chi connectivity index (χ3v) is 12.2. The lowest BCUT2D eigenvalue weighted by molar-refractivity contribution is 1.23. The van der Waals surface area contributed by atoms with Crippen molar-refractivity contribution < 1.29 is 0 Å². The topological polar surface area (TPSA) is 77.3 Å². The molecule has 0 radical (unpaired) electrons. The van der Waals surface area contributed by atoms with Crippen LogP contribution in [0.5, 0.6) is 0 Å². The molecule has 0 N–H and O–H groups in total. The van der Waals surface area contributed by atoms with E-state index in [-0.39, 0.29) is 0 Å². The van der Waals surface area contributed by atoms with Crippen LogP contribution < -0.4 is 0 Å². The highest BCUT2D eigenvalue weighted by Gasteiger charge is 2.20. The fraction of sp³-hybridized carbons (Fsp3) is 0.200. The smallest absolute Gasteiger partial charge is 0.120 e. The maximum atomic E-state index is 5.19. The highest BCUT2D eigenvalue weighted by Crippen LogP contribution is 2.39. The Morgan fingerprint density at radius 1 is 0.286 bits per heavy atom. The third kappa shape index (κ3) is 4.57. The van der Waals surface area contributed by atoms with Crippen molar-refractivity contribution in [1.82, 2.24) is 29.9 Å². The van der Waals surface area contributed by atoms with Gasteiger partial charge in [-0.1, -0.05) is 0 Å². The van der Waals surface area contributed by atoms with Gasteiger partial charge < -0.3 is 0 Å². The maximum absolute atomic E-state index is 5.19. The van der Waals surface area contributed by atoms with E-state index in [2.05, 4.69) is 73.9 Å². The van der Waals surface area contributed by atoms with E-state index in [1.807, 2.05) is 0 Å². The van der Waals surface area contributed by atoms with Gasteiger partial charge in [0.25, 0.3) is 0 Å². The largest absolute Gasteiger partial charge is 0.242 e. The van der Waals surface area contributed by atoms with E-state index in [1.165, 1.54) is 29.4 Å². The van der Waals surface area contributed by atoms with Crippen molar-refractivity contribution >= 4 is 137 Å². The molecular weight excluding hydrogens is 637 g/mol. The van der Waals surface area contributed by atoms with Gasteiger partial charge in [-0.15, -0.1) is 70.6 Å². The summed E-state index contributed by atoms with van der Waals surface area (Å²) >= 11 is 10.3. The summed E-state index contributed by atoms with van der Waals surface area (Å²) in [5.74, 6) is 0. The molecule has 3 heterocycles. The summed E-state index contributed by atoms with van der Waals surface area (Å²) in [5.41, 5.74) is 9.17. The lowest BCUT2D eigenvalue weighted by Crippen LogP contribution is -2.00. The highest BCUT2D eigenvalue weighted by molar-refractivity contribution is 8.02. The lowest BCUT2D eigenvalue weighted by atomic mass is 10.1. The molecule has 0 amide bonds. The Morgan fingerprint density at radius 3 is 0.548 bits per heavy atom. The van der Waals surface area contributed by atoms with E-state index in [1.54, 1.807) is 70.6 Å². The average molecular weight is 661 g/mol. The van der Waals surface area contributed by atoms with Crippen LogP contribution in [0.3, 0.4) is 0 Å². The number of benzene rings is 4. The van der Waals surface area contributed by atoms with Crippen molar-refractivity contribution in [3.05, 3.63) is 36.4 Å². The van der Waals surface area contributed by atoms with Crippen molar-refractivity contribution in [2.24, 2.45) is 0 Å². The lowest BCUT2D eigenvalue weighted by Gasteiger charge is -2.13. The SMILES string of the molecule is CSc1cc2nc3c4nc5cc(SC)c(SC)cc5nc4c4nc5cc(SC)c(SC)cc5nc4c3nc2cc1SC. The third-order valence-electron chi connectivity index (χ3n) is 7.18. The molecular formula is C30H24N6S6. The predicted octanol–water partition coefficient (Wildman–Crippen LogP) is 9.31. The van der Waals surface area contributed by atoms with Crippen molar-refractivity contribution in [1.29, 1.82) is 0 Å². The summed E-state index contributed by atoms with van der Waals surface area (Å²) in [6, 6.07) is 12.8. The van der Waals surface area contributed by atoms with Gasteiger partial charge in [-0.05, 0) is 73.9 Å². The van der Waals surface area contributed by atoms with Crippen LogP contribution >= 0.6 is 70.6 Å². The molecule has 7 aromatic rings. The molecule has 0 fully saturated rings. The average Bonchev–Trinajstić information content (AvgIpc) is 3.03. The summed E-state index contributed by atoms with van der Waals surface area (Å²) < 4.78 is 0. The van der Waals surface area contributed by atoms with Gasteiger partial charge in [-0.3, -0.25) is 0 Å². The van der Waals surface area contributed by atoms with Gasteiger partial charge in [0.05, 0.1) is 33.1 Å². The Bertz CT molecular complexity index is 1800. The van der Waals surface area contributed by atoms with E-state index in [9.17, 15) is 0 Å². The number of thioether (sulfide) groups is 6. The second-order valence-electron chi connectivity index (χ2n) is 9.35. The number of nitrogens with zero attached hydrogens (tertiary/aromatic N) is 6. The van der Waals surface area contributed by atoms with Crippen LogP contribution in [-0.2, 0) is 0 Å². The number of hydrogen-bond donors (Lipinski definition) is 0. The van der Waals surface area contributed by atoms with Gasteiger partial charge in [0.2, 0.25) is 0 Å². The zero-order valence-electron chi connectivity index (χ0n) is 23.6. The molecule has 7 rings (SSSR count). The van der Waals surface area contributed by atoms with Crippen LogP contribution in [0.15, 0.2) is 65.8 Å². The Kier molecular flexibility index (Phi) is 7.73. The van der Waals surface area contributed by atoms with Crippen molar-refractivity contribution in [3.63, 3.8) is 0 Å². The monoisotopic (exact) mass is 660 g/mol. The second-order valence-corrected chi connectivity index (χ2v) is 14.4. The van der Waals surface area contributed by atoms with Crippen LogP contribution in [0.4, 0.5) is 0 Å². The molecule has 42 heavy (non-hydrogen) atoms. The van der Waals surface area contributed by atoms with E-state index in [0.29, 0.717) is 33.1 Å². The van der Waals surface area contributed by atoms with Gasteiger partial charge in [0, 0.05) is 29.4 Å². The first kappa shape index (κ1) is 28.5. The van der Waals surface area contributed by atoms with Crippen LogP contribution in [-0.4, -0.2) is 67.4 Å². The van der Waals surface area contributed by atoms with E-state index in [4.69, 9.17) is 29.9 Å². The molecule has 0 aliphatic heterocycles. The van der Waals surface area contributed by atoms with Gasteiger partial charge in [-0.2, -0.15) is 0 Å². The molecule has 0 spiro atoms. The number of rotatable bonds is 6. The first-order valence-corrected chi connectivity index (χ1v) is 20.2. The predicted molar refractivity (Wildman–Crippen MR) is 189 cm³/mol. The standard InChI is InChI=1S/C30H24N6S6/c1-37-19-7-13-14(8-20(19)38-2)32-26-25(31-13)27-29(35-16-10-22(40-4)21(39-3)9-15(16)33-27)30-28(26)34-17-11-23(41-5)24(42-6)12-18(17)36-30/h7-12H,1-6H3. The van der Waals surface area contributed by atoms with Gasteiger partial charge >= 0.3 is 0 Å². The van der Waals surface area contributed by atoms with Crippen LogP contribution in [0.25, 0.3) is 66.2 Å². The molecule has 12 heteroatoms. The van der Waals surface area contributed by atoms with E-state index >= 15 is 0 Å². The van der Waals surface area contributed by atoms with Gasteiger partial charge in [0.15, 0.2) is 0 Å². The molecule has 0 unspecified atom stereocenters. The van der Waals surface area contributed by atoms with Gasteiger partial charge in [0.1, 0.15) is 33.1 Å². The minimum atomic E-state index is 0.697. The van der Waals surface area contributed by atoms with Crippen LogP contribution in [0, 0.1) is 0 Å². The first-order chi connectivity index (χ1) is 20.5. The molecule has 6 nitrogen and oxygen atoms in total. The summed E-state index contributed by atoms with van der Waals surface area (Å²) in [6.45, 7) is 0. The van der Waals surface area contributed by atoms with Crippen molar-refractivity contribution in [2.75, 3.05) is 37.5 Å². The Balaban J connectivity index is 1.69. The van der Waals surface area contributed by atoms with Gasteiger partial charge in [-0.25, -0.2) is 29.9 Å². The van der Waals surface area contributed by atoms with E-state index in [0.717, 1.165) is 33.1 Å². The van der Waals surface area contributed by atoms with E-state index < -0.39 is 0 Å². The molecule has 4 aromatic carbocycles. The first-order valence-electron chi connectivity index (χ1n) is 12.8. The number of hydrogen-bond acceptors (Lipinski definition) is 12. The summed E-state index contributed by atoms with van der Waals surface area (Å²) in [5, 5.41) is 0. The Morgan fingerprint density at radius 2 is 0.429 bits per heavy atom.